The van der Waals surface area contributed by atoms with Gasteiger partial charge in [-0.1, -0.05) is 17.8 Å². The van der Waals surface area contributed by atoms with E-state index in [1.165, 1.54) is 35.2 Å². The van der Waals surface area contributed by atoms with Crippen molar-refractivity contribution in [2.24, 2.45) is 0 Å². The van der Waals surface area contributed by atoms with E-state index in [-0.39, 0.29) is 17.9 Å². The van der Waals surface area contributed by atoms with Crippen LogP contribution in [0.5, 0.6) is 0 Å². The first-order chi connectivity index (χ1) is 14.4. The molecule has 0 amide bonds. The quantitative estimate of drug-likeness (QED) is 0.241. The van der Waals surface area contributed by atoms with Crippen LogP contribution in [0.25, 0.3) is 5.65 Å². The van der Waals surface area contributed by atoms with E-state index in [4.69, 9.17) is 4.74 Å². The van der Waals surface area contributed by atoms with E-state index in [1.807, 2.05) is 42.0 Å². The third-order valence-electron chi connectivity index (χ3n) is 4.27. The molecule has 0 saturated heterocycles. The van der Waals surface area contributed by atoms with Crippen molar-refractivity contribution in [3.8, 4) is 0 Å². The summed E-state index contributed by atoms with van der Waals surface area (Å²) in [5.41, 5.74) is 3.20. The topological polar surface area (TPSA) is 99.6 Å². The first-order valence-electron chi connectivity index (χ1n) is 8.89. The Morgan fingerprint density at radius 2 is 2.13 bits per heavy atom. The second-order valence-corrected chi connectivity index (χ2v) is 8.67. The highest BCUT2D eigenvalue weighted by Gasteiger charge is 2.20. The molecule has 4 rings (SSSR count). The van der Waals surface area contributed by atoms with E-state index in [2.05, 4.69) is 9.97 Å². The smallest absolute Gasteiger partial charge is 0.338 e. The number of nitro benzene ring substituents is 1. The molecule has 0 aliphatic rings. The number of benzene rings is 1. The largest absolute Gasteiger partial charge is 0.456 e. The van der Waals surface area contributed by atoms with Crippen LogP contribution >= 0.6 is 23.1 Å². The van der Waals surface area contributed by atoms with Crippen molar-refractivity contribution < 1.29 is 14.5 Å². The van der Waals surface area contributed by atoms with Crippen molar-refractivity contribution >= 4 is 40.4 Å². The minimum absolute atomic E-state index is 0.0252. The number of carbonyl (C=O) groups excluding carboxylic acids is 1. The van der Waals surface area contributed by atoms with Gasteiger partial charge in [-0.2, -0.15) is 0 Å². The summed E-state index contributed by atoms with van der Waals surface area (Å²) < 4.78 is 7.88. The molecule has 0 radical (unpaired) electrons. The number of carbonyl (C=O) groups is 1. The number of nitrogens with zero attached hydrogens (tertiary/aromatic N) is 4. The van der Waals surface area contributed by atoms with Gasteiger partial charge < -0.3 is 9.14 Å². The summed E-state index contributed by atoms with van der Waals surface area (Å²) in [6.45, 7) is 3.78. The number of esters is 1. The molecule has 0 N–H and O–H groups in total. The predicted molar refractivity (Wildman–Crippen MR) is 113 cm³/mol. The number of thiazole rings is 1. The average molecular weight is 441 g/mol. The molecule has 1 aromatic carbocycles. The number of hydrogen-bond acceptors (Lipinski definition) is 8. The number of aryl methyl sites for hydroxylation is 2. The molecule has 3 heterocycles. The van der Waals surface area contributed by atoms with Crippen LogP contribution in [0.1, 0.15) is 27.3 Å². The van der Waals surface area contributed by atoms with Gasteiger partial charge in [0.15, 0.2) is 4.34 Å². The van der Waals surface area contributed by atoms with Gasteiger partial charge >= 0.3 is 5.97 Å². The molecular weight excluding hydrogens is 424 g/mol. The van der Waals surface area contributed by atoms with Crippen LogP contribution in [0.15, 0.2) is 57.3 Å². The maximum absolute atomic E-state index is 12.5. The first-order valence-corrected chi connectivity index (χ1v) is 10.6. The van der Waals surface area contributed by atoms with Gasteiger partial charge in [-0.15, -0.1) is 11.3 Å². The second-order valence-electron chi connectivity index (χ2n) is 6.53. The van der Waals surface area contributed by atoms with Gasteiger partial charge in [-0.3, -0.25) is 10.1 Å². The number of hydrogen-bond donors (Lipinski definition) is 0. The molecular formula is C20H16N4O4S2. The summed E-state index contributed by atoms with van der Waals surface area (Å²) in [6.07, 6.45) is 3.65. The van der Waals surface area contributed by atoms with Gasteiger partial charge in [0, 0.05) is 29.5 Å². The highest BCUT2D eigenvalue weighted by Crippen LogP contribution is 2.36. The monoisotopic (exact) mass is 440 g/mol. The molecule has 0 aliphatic heterocycles. The summed E-state index contributed by atoms with van der Waals surface area (Å²) in [7, 11) is 0. The number of nitro groups is 1. The third-order valence-corrected chi connectivity index (χ3v) is 6.39. The van der Waals surface area contributed by atoms with Gasteiger partial charge in [-0.05, 0) is 37.6 Å². The van der Waals surface area contributed by atoms with Crippen molar-refractivity contribution in [1.82, 2.24) is 14.4 Å². The summed E-state index contributed by atoms with van der Waals surface area (Å²) in [5.74, 6) is -0.645. The Morgan fingerprint density at radius 3 is 2.83 bits per heavy atom. The maximum Gasteiger partial charge on any atom is 0.338 e. The van der Waals surface area contributed by atoms with Crippen molar-refractivity contribution in [3.05, 3.63) is 80.7 Å². The molecule has 0 fully saturated rings. The van der Waals surface area contributed by atoms with Gasteiger partial charge in [-0.25, -0.2) is 14.8 Å². The van der Waals surface area contributed by atoms with Crippen molar-refractivity contribution in [3.63, 3.8) is 0 Å². The summed E-state index contributed by atoms with van der Waals surface area (Å²) in [4.78, 5) is 32.6. The van der Waals surface area contributed by atoms with E-state index < -0.39 is 10.9 Å². The van der Waals surface area contributed by atoms with Crippen LogP contribution in [-0.2, 0) is 11.3 Å². The van der Waals surface area contributed by atoms with Crippen LogP contribution in [0.4, 0.5) is 5.69 Å². The molecule has 0 unspecified atom stereocenters. The Bertz CT molecular complexity index is 1260. The standard InChI is InChI=1S/C20H16N4O4S2/c1-12-4-3-7-23-9-15(22-18(12)23)10-28-19(25)14-5-6-17(16(8-14)24(26)27)30-20-21-13(2)11-29-20/h3-9,11H,10H2,1-2H3. The zero-order valence-electron chi connectivity index (χ0n) is 16.1. The Labute approximate surface area is 179 Å². The Hall–Kier alpha value is -3.24. The lowest BCUT2D eigenvalue weighted by Crippen LogP contribution is -2.06. The van der Waals surface area contributed by atoms with Crippen LogP contribution in [0.3, 0.4) is 0 Å². The van der Waals surface area contributed by atoms with Crippen LogP contribution in [0, 0.1) is 24.0 Å². The van der Waals surface area contributed by atoms with Gasteiger partial charge in [0.25, 0.3) is 5.69 Å². The van der Waals surface area contributed by atoms with Crippen molar-refractivity contribution in [2.75, 3.05) is 0 Å². The number of aromatic nitrogens is 3. The van der Waals surface area contributed by atoms with Crippen molar-refractivity contribution in [1.29, 1.82) is 0 Å². The molecule has 8 nitrogen and oxygen atoms in total. The zero-order valence-corrected chi connectivity index (χ0v) is 17.7. The molecule has 3 aromatic heterocycles. The molecule has 152 valence electrons. The molecule has 0 bridgehead atoms. The summed E-state index contributed by atoms with van der Waals surface area (Å²) in [6, 6.07) is 8.16. The maximum atomic E-state index is 12.5. The zero-order chi connectivity index (χ0) is 21.3. The van der Waals surface area contributed by atoms with Crippen molar-refractivity contribution in [2.45, 2.75) is 29.7 Å². The number of imidazole rings is 1. The molecule has 10 heteroatoms. The van der Waals surface area contributed by atoms with Gasteiger partial charge in [0.2, 0.25) is 0 Å². The number of rotatable bonds is 6. The lowest BCUT2D eigenvalue weighted by molar-refractivity contribution is -0.387. The first kappa shape index (κ1) is 20.0. The minimum atomic E-state index is -0.645. The fraction of sp³-hybridized carbons (Fsp3) is 0.150. The number of ether oxygens (including phenoxy) is 1. The van der Waals surface area contributed by atoms with E-state index in [1.54, 1.807) is 12.3 Å². The summed E-state index contributed by atoms with van der Waals surface area (Å²) >= 11 is 2.61. The van der Waals surface area contributed by atoms with E-state index in [9.17, 15) is 14.9 Å². The summed E-state index contributed by atoms with van der Waals surface area (Å²) in [5, 5.41) is 13.4. The van der Waals surface area contributed by atoms with Gasteiger partial charge in [0.05, 0.1) is 21.1 Å². The second kappa shape index (κ2) is 8.25. The highest BCUT2D eigenvalue weighted by molar-refractivity contribution is 8.01. The number of fused-ring (bicyclic) bond motifs is 1. The van der Waals surface area contributed by atoms with E-state index in [0.717, 1.165) is 16.9 Å². The predicted octanol–water partition coefficient (Wildman–Crippen LogP) is 4.82. The molecule has 4 aromatic rings. The molecule has 0 aliphatic carbocycles. The van der Waals surface area contributed by atoms with Crippen LogP contribution in [-0.4, -0.2) is 25.3 Å². The molecule has 0 spiro atoms. The lowest BCUT2D eigenvalue weighted by Gasteiger charge is -2.05. The van der Waals surface area contributed by atoms with Gasteiger partial charge in [0.1, 0.15) is 12.3 Å². The lowest BCUT2D eigenvalue weighted by atomic mass is 10.2. The van der Waals surface area contributed by atoms with Crippen LogP contribution < -0.4 is 0 Å². The molecule has 0 saturated carbocycles. The van der Waals surface area contributed by atoms with Crippen LogP contribution in [0.2, 0.25) is 0 Å². The Balaban J connectivity index is 1.50. The molecule has 30 heavy (non-hydrogen) atoms. The SMILES string of the molecule is Cc1csc(Sc2ccc(C(=O)OCc3cn4cccc(C)c4n3)cc2[N+](=O)[O-])n1. The molecule has 0 atom stereocenters. The Morgan fingerprint density at radius 1 is 1.30 bits per heavy atom. The third kappa shape index (κ3) is 4.19. The van der Waals surface area contributed by atoms with E-state index >= 15 is 0 Å². The van der Waals surface area contributed by atoms with E-state index in [0.29, 0.717) is 14.9 Å². The minimum Gasteiger partial charge on any atom is -0.456 e. The fourth-order valence-corrected chi connectivity index (χ4v) is 4.72. The normalized spacial score (nSPS) is 11.0. The Kier molecular flexibility index (Phi) is 5.51. The highest BCUT2D eigenvalue weighted by atomic mass is 32.2. The number of pyridine rings is 1. The fourth-order valence-electron chi connectivity index (χ4n) is 2.84. The average Bonchev–Trinajstić information content (AvgIpc) is 3.32.